The number of nitrogens with zero attached hydrogens (tertiary/aromatic N) is 2. The van der Waals surface area contributed by atoms with Gasteiger partial charge in [0, 0.05) is 34.2 Å². The molecule has 4 nitrogen and oxygen atoms in total. The quantitative estimate of drug-likeness (QED) is 0.695. The topological polar surface area (TPSA) is 46.9 Å². The first kappa shape index (κ1) is 15.5. The van der Waals surface area contributed by atoms with E-state index in [0.717, 1.165) is 38.9 Å². The SMILES string of the molecule is O=C(Nc1ccc(-c2cn3c(n2)SCC3)cc1)c1ccccc1Br. The van der Waals surface area contributed by atoms with Gasteiger partial charge in [-0.25, -0.2) is 4.98 Å². The Morgan fingerprint density at radius 2 is 1.96 bits per heavy atom. The molecule has 1 aliphatic rings. The van der Waals surface area contributed by atoms with Crippen LogP contribution >= 0.6 is 27.7 Å². The van der Waals surface area contributed by atoms with E-state index in [0.29, 0.717) is 5.56 Å². The molecule has 2 heterocycles. The molecule has 0 radical (unpaired) electrons. The molecular weight excluding hydrogens is 386 g/mol. The lowest BCUT2D eigenvalue weighted by atomic mass is 10.1. The largest absolute Gasteiger partial charge is 0.325 e. The van der Waals surface area contributed by atoms with Crippen molar-refractivity contribution in [2.75, 3.05) is 11.1 Å². The van der Waals surface area contributed by atoms with Crippen LogP contribution in [0.5, 0.6) is 0 Å². The van der Waals surface area contributed by atoms with Gasteiger partial charge in [-0.2, -0.15) is 0 Å². The average molecular weight is 400 g/mol. The third-order valence-electron chi connectivity index (χ3n) is 3.86. The van der Waals surface area contributed by atoms with Crippen LogP contribution in [0.15, 0.2) is 64.4 Å². The van der Waals surface area contributed by atoms with E-state index in [-0.39, 0.29) is 5.91 Å². The Morgan fingerprint density at radius 3 is 2.71 bits per heavy atom. The van der Waals surface area contributed by atoms with Crippen LogP contribution in [0.4, 0.5) is 5.69 Å². The molecule has 0 saturated heterocycles. The molecule has 0 aliphatic carbocycles. The number of imidazole rings is 1. The van der Waals surface area contributed by atoms with Crippen molar-refractivity contribution in [3.63, 3.8) is 0 Å². The Kier molecular flexibility index (Phi) is 4.16. The van der Waals surface area contributed by atoms with E-state index in [2.05, 4.69) is 37.0 Å². The fraction of sp³-hybridized carbons (Fsp3) is 0.111. The van der Waals surface area contributed by atoms with Gasteiger partial charge in [-0.1, -0.05) is 36.0 Å². The summed E-state index contributed by atoms with van der Waals surface area (Å²) in [6.07, 6.45) is 2.09. The van der Waals surface area contributed by atoms with Crippen LogP contribution in [0, 0.1) is 0 Å². The first-order valence-electron chi connectivity index (χ1n) is 7.57. The molecule has 1 amide bonds. The summed E-state index contributed by atoms with van der Waals surface area (Å²) in [4.78, 5) is 17.0. The standard InChI is InChI=1S/C18H14BrN3OS/c19-15-4-2-1-3-14(15)17(23)20-13-7-5-12(6-8-13)16-11-22-9-10-24-18(22)21-16/h1-8,11H,9-10H2,(H,20,23). The zero-order valence-corrected chi connectivity index (χ0v) is 15.1. The summed E-state index contributed by atoms with van der Waals surface area (Å²) < 4.78 is 2.96. The minimum absolute atomic E-state index is 0.132. The maximum absolute atomic E-state index is 12.3. The molecule has 1 aliphatic heterocycles. The van der Waals surface area contributed by atoms with E-state index in [1.54, 1.807) is 17.8 Å². The van der Waals surface area contributed by atoms with Crippen LogP contribution in [0.2, 0.25) is 0 Å². The normalized spacial score (nSPS) is 12.9. The zero-order valence-electron chi connectivity index (χ0n) is 12.7. The van der Waals surface area contributed by atoms with Crippen molar-refractivity contribution in [2.45, 2.75) is 11.7 Å². The number of fused-ring (bicyclic) bond motifs is 1. The fourth-order valence-electron chi connectivity index (χ4n) is 2.62. The minimum Gasteiger partial charge on any atom is -0.325 e. The van der Waals surface area contributed by atoms with Gasteiger partial charge < -0.3 is 9.88 Å². The van der Waals surface area contributed by atoms with Crippen molar-refractivity contribution in [3.05, 3.63) is 64.8 Å². The number of benzene rings is 2. The lowest BCUT2D eigenvalue weighted by Gasteiger charge is -2.07. The molecule has 24 heavy (non-hydrogen) atoms. The van der Waals surface area contributed by atoms with E-state index in [9.17, 15) is 4.79 Å². The number of anilines is 1. The number of carbonyl (C=O) groups excluding carboxylic acids is 1. The van der Waals surface area contributed by atoms with Gasteiger partial charge in [0.25, 0.3) is 5.91 Å². The third kappa shape index (κ3) is 2.99. The molecule has 0 fully saturated rings. The first-order chi connectivity index (χ1) is 11.7. The van der Waals surface area contributed by atoms with E-state index >= 15 is 0 Å². The summed E-state index contributed by atoms with van der Waals surface area (Å²) in [5.41, 5.74) is 3.40. The van der Waals surface area contributed by atoms with Gasteiger partial charge in [0.05, 0.1) is 11.3 Å². The number of hydrogen-bond acceptors (Lipinski definition) is 3. The van der Waals surface area contributed by atoms with Crippen molar-refractivity contribution < 1.29 is 4.79 Å². The molecule has 120 valence electrons. The maximum Gasteiger partial charge on any atom is 0.256 e. The van der Waals surface area contributed by atoms with Gasteiger partial charge in [-0.3, -0.25) is 4.79 Å². The average Bonchev–Trinajstić information content (AvgIpc) is 3.17. The highest BCUT2D eigenvalue weighted by Gasteiger charge is 2.15. The van der Waals surface area contributed by atoms with E-state index < -0.39 is 0 Å². The lowest BCUT2D eigenvalue weighted by molar-refractivity contribution is 0.102. The Bertz CT molecular complexity index is 883. The molecule has 1 N–H and O–H groups in total. The highest BCUT2D eigenvalue weighted by Crippen LogP contribution is 2.29. The highest BCUT2D eigenvalue weighted by atomic mass is 79.9. The Morgan fingerprint density at radius 1 is 1.17 bits per heavy atom. The summed E-state index contributed by atoms with van der Waals surface area (Å²) >= 11 is 5.18. The molecule has 2 aromatic carbocycles. The Balaban J connectivity index is 1.51. The number of aromatic nitrogens is 2. The molecule has 6 heteroatoms. The van der Waals surface area contributed by atoms with Crippen LogP contribution in [0.25, 0.3) is 11.3 Å². The molecule has 1 aromatic heterocycles. The monoisotopic (exact) mass is 399 g/mol. The predicted molar refractivity (Wildman–Crippen MR) is 100 cm³/mol. The second-order valence-corrected chi connectivity index (χ2v) is 7.38. The molecule has 0 spiro atoms. The summed E-state index contributed by atoms with van der Waals surface area (Å²) in [6, 6.07) is 15.2. The van der Waals surface area contributed by atoms with Crippen molar-refractivity contribution in [3.8, 4) is 11.3 Å². The number of thioether (sulfide) groups is 1. The third-order valence-corrected chi connectivity index (χ3v) is 5.52. The fourth-order valence-corrected chi connectivity index (χ4v) is 4.02. The molecule has 0 saturated carbocycles. The predicted octanol–water partition coefficient (Wildman–Crippen LogP) is 4.67. The number of amides is 1. The molecule has 0 atom stereocenters. The first-order valence-corrected chi connectivity index (χ1v) is 9.35. The number of aryl methyl sites for hydroxylation is 1. The zero-order chi connectivity index (χ0) is 16.5. The van der Waals surface area contributed by atoms with Crippen molar-refractivity contribution in [1.82, 2.24) is 9.55 Å². The second-order valence-electron chi connectivity index (χ2n) is 5.46. The smallest absolute Gasteiger partial charge is 0.256 e. The van der Waals surface area contributed by atoms with Gasteiger partial charge in [0.2, 0.25) is 0 Å². The van der Waals surface area contributed by atoms with Crippen LogP contribution < -0.4 is 5.32 Å². The summed E-state index contributed by atoms with van der Waals surface area (Å²) in [7, 11) is 0. The van der Waals surface area contributed by atoms with Gasteiger partial charge in [-0.15, -0.1) is 0 Å². The van der Waals surface area contributed by atoms with E-state index in [4.69, 9.17) is 0 Å². The Hall–Kier alpha value is -2.05. The van der Waals surface area contributed by atoms with E-state index in [1.165, 1.54) is 0 Å². The number of halogens is 1. The molecule has 3 aromatic rings. The van der Waals surface area contributed by atoms with E-state index in [1.807, 2.05) is 42.5 Å². The minimum atomic E-state index is -0.132. The van der Waals surface area contributed by atoms with Crippen molar-refractivity contribution in [2.24, 2.45) is 0 Å². The number of rotatable bonds is 3. The van der Waals surface area contributed by atoms with Gasteiger partial charge in [0.1, 0.15) is 0 Å². The summed E-state index contributed by atoms with van der Waals surface area (Å²) in [6.45, 7) is 1.02. The molecule has 0 bridgehead atoms. The molecule has 0 unspecified atom stereocenters. The number of nitrogens with one attached hydrogen (secondary N) is 1. The van der Waals surface area contributed by atoms with Crippen LogP contribution in [-0.4, -0.2) is 21.2 Å². The highest BCUT2D eigenvalue weighted by molar-refractivity contribution is 9.10. The van der Waals surface area contributed by atoms with Crippen LogP contribution in [0.3, 0.4) is 0 Å². The molecule has 4 rings (SSSR count). The lowest BCUT2D eigenvalue weighted by Crippen LogP contribution is -2.12. The second kappa shape index (κ2) is 6.45. The summed E-state index contributed by atoms with van der Waals surface area (Å²) in [5, 5.41) is 4.00. The number of carbonyl (C=O) groups is 1. The van der Waals surface area contributed by atoms with Crippen molar-refractivity contribution in [1.29, 1.82) is 0 Å². The molecular formula is C18H14BrN3OS. The maximum atomic E-state index is 12.3. The number of hydrogen-bond donors (Lipinski definition) is 1. The van der Waals surface area contributed by atoms with Crippen LogP contribution in [0.1, 0.15) is 10.4 Å². The van der Waals surface area contributed by atoms with Crippen LogP contribution in [-0.2, 0) is 6.54 Å². The van der Waals surface area contributed by atoms with Gasteiger partial charge >= 0.3 is 0 Å². The van der Waals surface area contributed by atoms with Gasteiger partial charge in [0.15, 0.2) is 5.16 Å². The summed E-state index contributed by atoms with van der Waals surface area (Å²) in [5.74, 6) is 0.968. The Labute approximate surface area is 152 Å². The van der Waals surface area contributed by atoms with Gasteiger partial charge in [-0.05, 0) is 40.2 Å². The van der Waals surface area contributed by atoms with Crippen molar-refractivity contribution >= 4 is 39.3 Å².